The van der Waals surface area contributed by atoms with E-state index in [0.717, 1.165) is 30.8 Å². The maximum absolute atomic E-state index is 12.4. The minimum Gasteiger partial charge on any atom is -0.491 e. The lowest BCUT2D eigenvalue weighted by Gasteiger charge is -2.11. The third kappa shape index (κ3) is 3.55. The quantitative estimate of drug-likeness (QED) is 0.788. The number of hydrogen-bond donors (Lipinski definition) is 0. The van der Waals surface area contributed by atoms with Gasteiger partial charge in [-0.3, -0.25) is 4.79 Å². The molecule has 0 amide bonds. The van der Waals surface area contributed by atoms with E-state index in [4.69, 9.17) is 9.47 Å². The van der Waals surface area contributed by atoms with E-state index in [9.17, 15) is 4.79 Å². The first kappa shape index (κ1) is 14.8. The van der Waals surface area contributed by atoms with E-state index in [-0.39, 0.29) is 11.9 Å². The molecule has 0 bridgehead atoms. The summed E-state index contributed by atoms with van der Waals surface area (Å²) < 4.78 is 11.2. The summed E-state index contributed by atoms with van der Waals surface area (Å²) in [4.78, 5) is 12.4. The highest BCUT2D eigenvalue weighted by molar-refractivity contribution is 6.09. The van der Waals surface area contributed by atoms with Gasteiger partial charge in [0.2, 0.25) is 0 Å². The molecule has 0 spiro atoms. The molecule has 0 radical (unpaired) electrons. The Labute approximate surface area is 130 Å². The van der Waals surface area contributed by atoms with Crippen molar-refractivity contribution >= 4 is 5.78 Å². The van der Waals surface area contributed by atoms with Crippen molar-refractivity contribution in [2.24, 2.45) is 0 Å². The molecule has 2 aromatic carbocycles. The summed E-state index contributed by atoms with van der Waals surface area (Å²) in [6.07, 6.45) is 2.37. The van der Waals surface area contributed by atoms with Crippen LogP contribution in [-0.2, 0) is 4.74 Å². The maximum atomic E-state index is 12.4. The average Bonchev–Trinajstić information content (AvgIpc) is 3.07. The molecule has 1 aliphatic heterocycles. The minimum atomic E-state index is 0.0330. The average molecular weight is 296 g/mol. The summed E-state index contributed by atoms with van der Waals surface area (Å²) in [5.41, 5.74) is 2.53. The Morgan fingerprint density at radius 1 is 1.09 bits per heavy atom. The first-order chi connectivity index (χ1) is 10.7. The topological polar surface area (TPSA) is 35.5 Å². The van der Waals surface area contributed by atoms with Crippen molar-refractivity contribution in [1.82, 2.24) is 0 Å². The Hall–Kier alpha value is -2.13. The van der Waals surface area contributed by atoms with Crippen molar-refractivity contribution < 1.29 is 14.3 Å². The summed E-state index contributed by atoms with van der Waals surface area (Å²) in [5, 5.41) is 0. The van der Waals surface area contributed by atoms with Gasteiger partial charge in [0.25, 0.3) is 0 Å². The summed E-state index contributed by atoms with van der Waals surface area (Å²) in [6.45, 7) is 3.41. The van der Waals surface area contributed by atoms with E-state index in [2.05, 4.69) is 0 Å². The Kier molecular flexibility index (Phi) is 4.54. The smallest absolute Gasteiger partial charge is 0.193 e. The number of carbonyl (C=O) groups excluding carboxylic acids is 1. The first-order valence-corrected chi connectivity index (χ1v) is 7.68. The zero-order valence-electron chi connectivity index (χ0n) is 12.7. The van der Waals surface area contributed by atoms with Crippen molar-refractivity contribution in [1.29, 1.82) is 0 Å². The number of rotatable bonds is 5. The van der Waals surface area contributed by atoms with Crippen LogP contribution < -0.4 is 4.74 Å². The molecule has 1 unspecified atom stereocenters. The summed E-state index contributed by atoms with van der Waals surface area (Å²) in [6, 6.07) is 14.9. The van der Waals surface area contributed by atoms with Crippen LogP contribution in [0, 0.1) is 6.92 Å². The van der Waals surface area contributed by atoms with Crippen molar-refractivity contribution in [3.05, 3.63) is 65.2 Å². The minimum absolute atomic E-state index is 0.0330. The second-order valence-corrected chi connectivity index (χ2v) is 5.67. The SMILES string of the molecule is Cc1ccc(C(=O)c2ccc(OCC3CCCO3)cc2)cc1. The van der Waals surface area contributed by atoms with E-state index in [1.807, 2.05) is 55.5 Å². The van der Waals surface area contributed by atoms with Crippen LogP contribution >= 0.6 is 0 Å². The normalized spacial score (nSPS) is 17.4. The van der Waals surface area contributed by atoms with Crippen molar-refractivity contribution in [2.75, 3.05) is 13.2 Å². The van der Waals surface area contributed by atoms with Crippen LogP contribution in [0.3, 0.4) is 0 Å². The maximum Gasteiger partial charge on any atom is 0.193 e. The van der Waals surface area contributed by atoms with Crippen LogP contribution in [-0.4, -0.2) is 25.1 Å². The molecule has 114 valence electrons. The van der Waals surface area contributed by atoms with Crippen LogP contribution in [0.1, 0.15) is 34.3 Å². The van der Waals surface area contributed by atoms with Crippen LogP contribution in [0.2, 0.25) is 0 Å². The molecule has 3 rings (SSSR count). The van der Waals surface area contributed by atoms with Crippen LogP contribution in [0.25, 0.3) is 0 Å². The lowest BCUT2D eigenvalue weighted by atomic mass is 10.0. The molecule has 1 aliphatic rings. The second-order valence-electron chi connectivity index (χ2n) is 5.67. The highest BCUT2D eigenvalue weighted by Crippen LogP contribution is 2.18. The van der Waals surface area contributed by atoms with Gasteiger partial charge >= 0.3 is 0 Å². The standard InChI is InChI=1S/C19H20O3/c1-14-4-6-15(7-5-14)19(20)16-8-10-17(11-9-16)22-13-18-3-2-12-21-18/h4-11,18H,2-3,12-13H2,1H3. The molecule has 3 heteroatoms. The zero-order chi connectivity index (χ0) is 15.4. The van der Waals surface area contributed by atoms with E-state index < -0.39 is 0 Å². The third-order valence-corrected chi connectivity index (χ3v) is 3.89. The highest BCUT2D eigenvalue weighted by Gasteiger charge is 2.16. The Morgan fingerprint density at radius 2 is 1.73 bits per heavy atom. The fourth-order valence-electron chi connectivity index (χ4n) is 2.54. The molecule has 0 saturated carbocycles. The van der Waals surface area contributed by atoms with Crippen LogP contribution in [0.15, 0.2) is 48.5 Å². The molecule has 1 atom stereocenters. The molecule has 0 aliphatic carbocycles. The Balaban J connectivity index is 1.62. The molecular weight excluding hydrogens is 276 g/mol. The third-order valence-electron chi connectivity index (χ3n) is 3.89. The van der Waals surface area contributed by atoms with Gasteiger partial charge in [0, 0.05) is 17.7 Å². The monoisotopic (exact) mass is 296 g/mol. The summed E-state index contributed by atoms with van der Waals surface area (Å²) in [5.74, 6) is 0.807. The Morgan fingerprint density at radius 3 is 2.32 bits per heavy atom. The second kappa shape index (κ2) is 6.75. The molecule has 1 saturated heterocycles. The van der Waals surface area contributed by atoms with Gasteiger partial charge in [-0.15, -0.1) is 0 Å². The van der Waals surface area contributed by atoms with Gasteiger partial charge in [0.15, 0.2) is 5.78 Å². The van der Waals surface area contributed by atoms with E-state index in [1.54, 1.807) is 0 Å². The largest absolute Gasteiger partial charge is 0.491 e. The van der Waals surface area contributed by atoms with Gasteiger partial charge in [-0.1, -0.05) is 29.8 Å². The molecule has 2 aromatic rings. The highest BCUT2D eigenvalue weighted by atomic mass is 16.5. The van der Waals surface area contributed by atoms with E-state index >= 15 is 0 Å². The first-order valence-electron chi connectivity index (χ1n) is 7.68. The summed E-state index contributed by atoms with van der Waals surface area (Å²) >= 11 is 0. The van der Waals surface area contributed by atoms with Gasteiger partial charge in [0.1, 0.15) is 12.4 Å². The van der Waals surface area contributed by atoms with Crippen LogP contribution in [0.5, 0.6) is 5.75 Å². The molecular formula is C19H20O3. The van der Waals surface area contributed by atoms with Crippen molar-refractivity contribution in [2.45, 2.75) is 25.9 Å². The number of benzene rings is 2. The van der Waals surface area contributed by atoms with E-state index in [0.29, 0.717) is 17.7 Å². The molecule has 0 aromatic heterocycles. The predicted octanol–water partition coefficient (Wildman–Crippen LogP) is 3.78. The van der Waals surface area contributed by atoms with Gasteiger partial charge in [-0.05, 0) is 44.0 Å². The van der Waals surface area contributed by atoms with Gasteiger partial charge in [-0.25, -0.2) is 0 Å². The molecule has 0 N–H and O–H groups in total. The lowest BCUT2D eigenvalue weighted by molar-refractivity contribution is 0.0679. The van der Waals surface area contributed by atoms with Gasteiger partial charge in [-0.2, -0.15) is 0 Å². The number of ether oxygens (including phenoxy) is 2. The van der Waals surface area contributed by atoms with Crippen molar-refractivity contribution in [3.8, 4) is 5.75 Å². The molecule has 22 heavy (non-hydrogen) atoms. The van der Waals surface area contributed by atoms with Crippen LogP contribution in [0.4, 0.5) is 0 Å². The van der Waals surface area contributed by atoms with E-state index in [1.165, 1.54) is 0 Å². The predicted molar refractivity (Wildman–Crippen MR) is 85.5 cm³/mol. The molecule has 1 fully saturated rings. The number of carbonyl (C=O) groups is 1. The number of ketones is 1. The zero-order valence-corrected chi connectivity index (χ0v) is 12.7. The molecule has 1 heterocycles. The molecule has 3 nitrogen and oxygen atoms in total. The lowest BCUT2D eigenvalue weighted by Crippen LogP contribution is -2.16. The number of hydrogen-bond acceptors (Lipinski definition) is 3. The fraction of sp³-hybridized carbons (Fsp3) is 0.316. The fourth-order valence-corrected chi connectivity index (χ4v) is 2.54. The Bertz CT molecular complexity index is 623. The number of aryl methyl sites for hydroxylation is 1. The van der Waals surface area contributed by atoms with Crippen molar-refractivity contribution in [3.63, 3.8) is 0 Å². The summed E-state index contributed by atoms with van der Waals surface area (Å²) in [7, 11) is 0. The van der Waals surface area contributed by atoms with Gasteiger partial charge in [0.05, 0.1) is 6.10 Å². The van der Waals surface area contributed by atoms with Gasteiger partial charge < -0.3 is 9.47 Å².